The van der Waals surface area contributed by atoms with E-state index in [9.17, 15) is 0 Å². The molecule has 1 heterocycles. The van der Waals surface area contributed by atoms with Gasteiger partial charge in [0, 0.05) is 16.1 Å². The lowest BCUT2D eigenvalue weighted by molar-refractivity contribution is 0.424. The second kappa shape index (κ2) is 6.44. The Labute approximate surface area is 162 Å². The van der Waals surface area contributed by atoms with Gasteiger partial charge in [-0.2, -0.15) is 0 Å². The molecule has 0 unspecified atom stereocenters. The van der Waals surface area contributed by atoms with Crippen LogP contribution in [0.1, 0.15) is 29.5 Å². The topological polar surface area (TPSA) is 12.0 Å². The van der Waals surface area contributed by atoms with Crippen LogP contribution in [-0.2, 0) is 0 Å². The maximum atomic E-state index is 3.83. The van der Waals surface area contributed by atoms with Crippen molar-refractivity contribution in [1.82, 2.24) is 0 Å². The molecular weight excluding hydrogens is 382 g/mol. The van der Waals surface area contributed by atoms with Gasteiger partial charge in [-0.25, -0.2) is 0 Å². The van der Waals surface area contributed by atoms with Gasteiger partial charge < -0.3 is 5.32 Å². The molecule has 5 rings (SSSR count). The zero-order valence-electron chi connectivity index (χ0n) is 14.4. The number of benzene rings is 3. The summed E-state index contributed by atoms with van der Waals surface area (Å²) in [7, 11) is 0. The van der Waals surface area contributed by atoms with Crippen molar-refractivity contribution >= 4 is 21.6 Å². The summed E-state index contributed by atoms with van der Waals surface area (Å²) in [6, 6.07) is 26.4. The summed E-state index contributed by atoms with van der Waals surface area (Å²) in [5.74, 6) is 1.04. The number of hydrogen-bond acceptors (Lipinski definition) is 1. The monoisotopic (exact) mass is 401 g/mol. The van der Waals surface area contributed by atoms with Gasteiger partial charge in [-0.3, -0.25) is 0 Å². The molecule has 1 aliphatic heterocycles. The summed E-state index contributed by atoms with van der Waals surface area (Å²) in [6.07, 6.45) is 5.88. The molecule has 3 atom stereocenters. The minimum Gasteiger partial charge on any atom is -0.378 e. The summed E-state index contributed by atoms with van der Waals surface area (Å²) in [6.45, 7) is 0. The molecule has 0 aromatic heterocycles. The normalized spacial score (nSPS) is 23.2. The second-order valence-corrected chi connectivity index (χ2v) is 8.02. The molecule has 1 aliphatic carbocycles. The molecule has 0 radical (unpaired) electrons. The van der Waals surface area contributed by atoms with Crippen LogP contribution < -0.4 is 5.32 Å². The Morgan fingerprint density at radius 2 is 1.62 bits per heavy atom. The van der Waals surface area contributed by atoms with Crippen molar-refractivity contribution in [2.24, 2.45) is 5.92 Å². The number of rotatable bonds is 2. The molecule has 0 bridgehead atoms. The number of hydrogen-bond donors (Lipinski definition) is 1. The molecular formula is C24H20BrN. The lowest BCUT2D eigenvalue weighted by Crippen LogP contribution is -2.29. The largest absolute Gasteiger partial charge is 0.378 e. The first-order chi connectivity index (χ1) is 12.8. The Bertz CT molecular complexity index is 977. The van der Waals surface area contributed by atoms with E-state index in [0.29, 0.717) is 17.9 Å². The number of allylic oxidation sites excluding steroid dienone is 2. The highest BCUT2D eigenvalue weighted by molar-refractivity contribution is 9.10. The molecule has 128 valence electrons. The molecule has 26 heavy (non-hydrogen) atoms. The van der Waals surface area contributed by atoms with Gasteiger partial charge in [0.15, 0.2) is 0 Å². The third kappa shape index (κ3) is 2.60. The van der Waals surface area contributed by atoms with Gasteiger partial charge in [0.05, 0.1) is 6.04 Å². The summed E-state index contributed by atoms with van der Waals surface area (Å²) < 4.78 is 1.19. The van der Waals surface area contributed by atoms with Crippen LogP contribution in [0.5, 0.6) is 0 Å². The van der Waals surface area contributed by atoms with E-state index in [0.717, 1.165) is 6.42 Å². The van der Waals surface area contributed by atoms with Crippen LogP contribution in [-0.4, -0.2) is 0 Å². The van der Waals surface area contributed by atoms with E-state index in [-0.39, 0.29) is 0 Å². The van der Waals surface area contributed by atoms with Gasteiger partial charge in [0.2, 0.25) is 0 Å². The van der Waals surface area contributed by atoms with Gasteiger partial charge in [0.1, 0.15) is 0 Å². The standard InChI is InChI=1S/C24H20BrN/c25-22-12-5-4-9-20(22)24-19-11-6-10-18(19)21-15-17(13-14-23(21)26-24)16-7-2-1-3-8-16/h1-10,12-15,18-19,24,26H,11H2/t18-,19-,24+/m0/s1. The lowest BCUT2D eigenvalue weighted by Gasteiger charge is -2.38. The smallest absolute Gasteiger partial charge is 0.0565 e. The minimum absolute atomic E-state index is 0.334. The van der Waals surface area contributed by atoms with Gasteiger partial charge in [-0.05, 0) is 52.8 Å². The van der Waals surface area contributed by atoms with Crippen LogP contribution in [0.4, 0.5) is 5.69 Å². The first-order valence-electron chi connectivity index (χ1n) is 9.18. The second-order valence-electron chi connectivity index (χ2n) is 7.17. The average Bonchev–Trinajstić information content (AvgIpc) is 3.18. The van der Waals surface area contributed by atoms with Crippen LogP contribution in [0.15, 0.2) is 89.4 Å². The number of nitrogens with one attached hydrogen (secondary N) is 1. The number of halogens is 1. The van der Waals surface area contributed by atoms with Crippen molar-refractivity contribution in [2.75, 3.05) is 5.32 Å². The summed E-state index contributed by atoms with van der Waals surface area (Å²) in [5.41, 5.74) is 6.61. The molecule has 0 spiro atoms. The summed E-state index contributed by atoms with van der Waals surface area (Å²) >= 11 is 3.75. The van der Waals surface area contributed by atoms with Crippen LogP contribution in [0.3, 0.4) is 0 Å². The van der Waals surface area contributed by atoms with Crippen molar-refractivity contribution in [3.8, 4) is 11.1 Å². The van der Waals surface area contributed by atoms with Crippen molar-refractivity contribution in [3.63, 3.8) is 0 Å². The van der Waals surface area contributed by atoms with E-state index in [1.807, 2.05) is 0 Å². The molecule has 0 saturated carbocycles. The summed E-state index contributed by atoms with van der Waals surface area (Å²) in [5, 5.41) is 3.83. The van der Waals surface area contributed by atoms with Gasteiger partial charge in [-0.15, -0.1) is 0 Å². The Hall–Kier alpha value is -2.32. The molecule has 0 saturated heterocycles. The van der Waals surface area contributed by atoms with E-state index in [2.05, 4.69) is 106 Å². The quantitative estimate of drug-likeness (QED) is 0.458. The van der Waals surface area contributed by atoms with Crippen molar-refractivity contribution in [1.29, 1.82) is 0 Å². The van der Waals surface area contributed by atoms with Gasteiger partial charge in [0.25, 0.3) is 0 Å². The molecule has 0 amide bonds. The predicted octanol–water partition coefficient (Wildman–Crippen LogP) is 6.94. The first kappa shape index (κ1) is 15.9. The van der Waals surface area contributed by atoms with E-state index in [1.54, 1.807) is 0 Å². The molecule has 1 N–H and O–H groups in total. The third-order valence-electron chi connectivity index (χ3n) is 5.71. The molecule has 2 heteroatoms. The van der Waals surface area contributed by atoms with Gasteiger partial charge >= 0.3 is 0 Å². The molecule has 0 fully saturated rings. The zero-order chi connectivity index (χ0) is 17.5. The first-order valence-corrected chi connectivity index (χ1v) is 9.97. The van der Waals surface area contributed by atoms with Crippen LogP contribution >= 0.6 is 15.9 Å². The highest BCUT2D eigenvalue weighted by Crippen LogP contribution is 2.51. The van der Waals surface area contributed by atoms with Crippen molar-refractivity contribution < 1.29 is 0 Å². The van der Waals surface area contributed by atoms with E-state index in [4.69, 9.17) is 0 Å². The van der Waals surface area contributed by atoms with Crippen LogP contribution in [0.25, 0.3) is 11.1 Å². The fraction of sp³-hybridized carbons (Fsp3) is 0.167. The molecule has 3 aromatic carbocycles. The zero-order valence-corrected chi connectivity index (χ0v) is 16.0. The van der Waals surface area contributed by atoms with Crippen LogP contribution in [0.2, 0.25) is 0 Å². The maximum absolute atomic E-state index is 3.83. The van der Waals surface area contributed by atoms with Crippen molar-refractivity contribution in [3.05, 3.63) is 101 Å². The highest BCUT2D eigenvalue weighted by Gasteiger charge is 2.38. The number of fused-ring (bicyclic) bond motifs is 3. The van der Waals surface area contributed by atoms with E-state index >= 15 is 0 Å². The maximum Gasteiger partial charge on any atom is 0.0565 e. The van der Waals surface area contributed by atoms with E-state index < -0.39 is 0 Å². The molecule has 1 nitrogen and oxygen atoms in total. The van der Waals surface area contributed by atoms with E-state index in [1.165, 1.54) is 32.4 Å². The lowest BCUT2D eigenvalue weighted by atomic mass is 9.76. The highest BCUT2D eigenvalue weighted by atomic mass is 79.9. The minimum atomic E-state index is 0.334. The molecule has 3 aromatic rings. The average molecular weight is 402 g/mol. The fourth-order valence-corrected chi connectivity index (χ4v) is 4.97. The Kier molecular flexibility index (Phi) is 3.94. The van der Waals surface area contributed by atoms with Gasteiger partial charge in [-0.1, -0.05) is 82.7 Å². The molecule has 2 aliphatic rings. The third-order valence-corrected chi connectivity index (χ3v) is 6.43. The van der Waals surface area contributed by atoms with Crippen molar-refractivity contribution in [2.45, 2.75) is 18.4 Å². The Balaban J connectivity index is 1.59. The summed E-state index contributed by atoms with van der Waals surface area (Å²) in [4.78, 5) is 0. The SMILES string of the molecule is Brc1ccccc1[C@@H]1Nc2ccc(-c3ccccc3)cc2[C@H]2C=CC[C@@H]21. The Morgan fingerprint density at radius 3 is 2.46 bits per heavy atom. The Morgan fingerprint density at radius 1 is 0.808 bits per heavy atom. The number of anilines is 1. The fourth-order valence-electron chi connectivity index (χ4n) is 4.44. The predicted molar refractivity (Wildman–Crippen MR) is 112 cm³/mol. The van der Waals surface area contributed by atoms with Crippen LogP contribution in [0, 0.1) is 5.92 Å².